The first-order valence-corrected chi connectivity index (χ1v) is 8.88. The van der Waals surface area contributed by atoms with Crippen molar-refractivity contribution in [1.82, 2.24) is 0 Å². The Hall–Kier alpha value is -1.52. The number of thioether (sulfide) groups is 1. The summed E-state index contributed by atoms with van der Waals surface area (Å²) in [6.07, 6.45) is 1.01. The van der Waals surface area contributed by atoms with Crippen LogP contribution in [-0.2, 0) is 12.2 Å². The standard InChI is InChI=1S/C18H15BrO2S/c1-2-12-7-8-17(15(19)9-12)22-11-14-10-13-5-3-4-6-16(13)21-18(14)20/h3-10H,2,11H2,1H3. The molecule has 0 unspecified atom stereocenters. The minimum atomic E-state index is -0.257. The molecule has 3 rings (SSSR count). The number of para-hydroxylation sites is 1. The number of rotatable bonds is 4. The Kier molecular flexibility index (Phi) is 4.69. The van der Waals surface area contributed by atoms with Gasteiger partial charge in [0.05, 0.1) is 0 Å². The van der Waals surface area contributed by atoms with Gasteiger partial charge in [-0.05, 0) is 52.2 Å². The second-order valence-electron chi connectivity index (χ2n) is 5.00. The number of fused-ring (bicyclic) bond motifs is 1. The first-order valence-electron chi connectivity index (χ1n) is 7.10. The second kappa shape index (κ2) is 6.71. The van der Waals surface area contributed by atoms with E-state index in [0.717, 1.165) is 21.2 Å². The molecule has 0 amide bonds. The third kappa shape index (κ3) is 3.28. The Bertz CT molecular complexity index is 870. The molecule has 0 bridgehead atoms. The van der Waals surface area contributed by atoms with Gasteiger partial charge in [-0.2, -0.15) is 0 Å². The zero-order valence-corrected chi connectivity index (χ0v) is 14.5. The summed E-state index contributed by atoms with van der Waals surface area (Å²) in [4.78, 5) is 13.2. The summed E-state index contributed by atoms with van der Waals surface area (Å²) in [5.41, 5.74) is 2.36. The molecule has 2 aromatic carbocycles. The van der Waals surface area contributed by atoms with Gasteiger partial charge in [0.15, 0.2) is 0 Å². The summed E-state index contributed by atoms with van der Waals surface area (Å²) in [7, 11) is 0. The fraction of sp³-hybridized carbons (Fsp3) is 0.167. The molecule has 0 aliphatic rings. The van der Waals surface area contributed by atoms with Crippen LogP contribution >= 0.6 is 27.7 Å². The van der Waals surface area contributed by atoms with Crippen LogP contribution in [0.3, 0.4) is 0 Å². The van der Waals surface area contributed by atoms with Crippen molar-refractivity contribution in [2.75, 3.05) is 0 Å². The Morgan fingerprint density at radius 1 is 1.14 bits per heavy atom. The molecule has 0 fully saturated rings. The van der Waals surface area contributed by atoms with Crippen LogP contribution in [0.5, 0.6) is 0 Å². The largest absolute Gasteiger partial charge is 0.423 e. The fourth-order valence-electron chi connectivity index (χ4n) is 2.24. The summed E-state index contributed by atoms with van der Waals surface area (Å²) in [6.45, 7) is 2.13. The molecule has 0 saturated carbocycles. The normalized spacial score (nSPS) is 11.0. The lowest BCUT2D eigenvalue weighted by Gasteiger charge is -2.06. The highest BCUT2D eigenvalue weighted by atomic mass is 79.9. The molecular formula is C18H15BrO2S. The van der Waals surface area contributed by atoms with Gasteiger partial charge in [0.1, 0.15) is 5.58 Å². The van der Waals surface area contributed by atoms with Crippen molar-refractivity contribution in [2.45, 2.75) is 24.0 Å². The van der Waals surface area contributed by atoms with Crippen molar-refractivity contribution in [3.8, 4) is 0 Å². The van der Waals surface area contributed by atoms with Crippen LogP contribution in [0.1, 0.15) is 18.1 Å². The zero-order chi connectivity index (χ0) is 15.5. The van der Waals surface area contributed by atoms with Gasteiger partial charge in [0, 0.05) is 26.1 Å². The predicted molar refractivity (Wildman–Crippen MR) is 95.6 cm³/mol. The minimum Gasteiger partial charge on any atom is -0.423 e. The molecule has 112 valence electrons. The highest BCUT2D eigenvalue weighted by Crippen LogP contribution is 2.31. The van der Waals surface area contributed by atoms with Crippen molar-refractivity contribution in [3.63, 3.8) is 0 Å². The summed E-state index contributed by atoms with van der Waals surface area (Å²) in [6, 6.07) is 15.8. The molecule has 0 saturated heterocycles. The molecular weight excluding hydrogens is 360 g/mol. The van der Waals surface area contributed by atoms with Gasteiger partial charge in [-0.3, -0.25) is 0 Å². The van der Waals surface area contributed by atoms with Gasteiger partial charge in [0.25, 0.3) is 0 Å². The van der Waals surface area contributed by atoms with Crippen LogP contribution < -0.4 is 5.63 Å². The SMILES string of the molecule is CCc1ccc(SCc2cc3ccccc3oc2=O)c(Br)c1. The van der Waals surface area contributed by atoms with Crippen LogP contribution in [0, 0.1) is 0 Å². The molecule has 0 aliphatic heterocycles. The smallest absolute Gasteiger partial charge is 0.340 e. The van der Waals surface area contributed by atoms with Crippen LogP contribution in [0.25, 0.3) is 11.0 Å². The quantitative estimate of drug-likeness (QED) is 0.451. The van der Waals surface area contributed by atoms with Crippen molar-refractivity contribution in [3.05, 3.63) is 74.6 Å². The summed E-state index contributed by atoms with van der Waals surface area (Å²) >= 11 is 5.23. The highest BCUT2D eigenvalue weighted by Gasteiger charge is 2.08. The summed E-state index contributed by atoms with van der Waals surface area (Å²) < 4.78 is 6.44. The molecule has 4 heteroatoms. The van der Waals surface area contributed by atoms with Gasteiger partial charge >= 0.3 is 5.63 Å². The maximum Gasteiger partial charge on any atom is 0.340 e. The fourth-order valence-corrected chi connectivity index (χ4v) is 3.89. The van der Waals surface area contributed by atoms with Gasteiger partial charge in [-0.25, -0.2) is 4.79 Å². The van der Waals surface area contributed by atoms with Crippen molar-refractivity contribution >= 4 is 38.7 Å². The first-order chi connectivity index (χ1) is 10.7. The lowest BCUT2D eigenvalue weighted by Crippen LogP contribution is -2.05. The number of aryl methyl sites for hydroxylation is 1. The first kappa shape index (κ1) is 15.4. The Balaban J connectivity index is 1.84. The maximum atomic E-state index is 12.0. The number of hydrogen-bond donors (Lipinski definition) is 0. The van der Waals surface area contributed by atoms with E-state index in [1.807, 2.05) is 30.3 Å². The number of benzene rings is 2. The molecule has 0 N–H and O–H groups in total. The van der Waals surface area contributed by atoms with E-state index in [4.69, 9.17) is 4.42 Å². The van der Waals surface area contributed by atoms with Gasteiger partial charge in [-0.1, -0.05) is 31.2 Å². The van der Waals surface area contributed by atoms with E-state index in [0.29, 0.717) is 16.9 Å². The molecule has 2 nitrogen and oxygen atoms in total. The second-order valence-corrected chi connectivity index (χ2v) is 6.88. The predicted octanol–water partition coefficient (Wildman–Crippen LogP) is 5.41. The van der Waals surface area contributed by atoms with Crippen LogP contribution in [0.4, 0.5) is 0 Å². The Morgan fingerprint density at radius 3 is 2.73 bits per heavy atom. The monoisotopic (exact) mass is 374 g/mol. The van der Waals surface area contributed by atoms with Crippen molar-refractivity contribution < 1.29 is 4.42 Å². The van der Waals surface area contributed by atoms with Gasteiger partial charge in [0.2, 0.25) is 0 Å². The van der Waals surface area contributed by atoms with Gasteiger partial charge in [-0.15, -0.1) is 11.8 Å². The lowest BCUT2D eigenvalue weighted by atomic mass is 10.2. The molecule has 0 aliphatic carbocycles. The van der Waals surface area contributed by atoms with Crippen LogP contribution in [0.2, 0.25) is 0 Å². The molecule has 0 spiro atoms. The molecule has 3 aromatic rings. The highest BCUT2D eigenvalue weighted by molar-refractivity contribution is 9.10. The van der Waals surface area contributed by atoms with E-state index in [-0.39, 0.29) is 5.63 Å². The van der Waals surface area contributed by atoms with Crippen molar-refractivity contribution in [2.24, 2.45) is 0 Å². The average molecular weight is 375 g/mol. The Labute approximate surface area is 141 Å². The number of halogens is 1. The van der Waals surface area contributed by atoms with Gasteiger partial charge < -0.3 is 4.42 Å². The van der Waals surface area contributed by atoms with E-state index >= 15 is 0 Å². The average Bonchev–Trinajstić information content (AvgIpc) is 2.53. The lowest BCUT2D eigenvalue weighted by molar-refractivity contribution is 0.554. The third-order valence-corrected chi connectivity index (χ3v) is 5.54. The van der Waals surface area contributed by atoms with E-state index < -0.39 is 0 Å². The molecule has 1 aromatic heterocycles. The maximum absolute atomic E-state index is 12.0. The summed E-state index contributed by atoms with van der Waals surface area (Å²) in [5, 5.41) is 0.957. The topological polar surface area (TPSA) is 30.2 Å². The Morgan fingerprint density at radius 2 is 1.95 bits per heavy atom. The zero-order valence-electron chi connectivity index (χ0n) is 12.1. The van der Waals surface area contributed by atoms with Crippen molar-refractivity contribution in [1.29, 1.82) is 0 Å². The van der Waals surface area contributed by atoms with E-state index in [9.17, 15) is 4.79 Å². The molecule has 0 radical (unpaired) electrons. The number of hydrogen-bond acceptors (Lipinski definition) is 3. The molecule has 22 heavy (non-hydrogen) atoms. The molecule has 1 heterocycles. The third-order valence-electron chi connectivity index (χ3n) is 3.50. The minimum absolute atomic E-state index is 0.257. The van der Waals surface area contributed by atoms with E-state index in [1.54, 1.807) is 11.8 Å². The van der Waals surface area contributed by atoms with E-state index in [1.165, 1.54) is 5.56 Å². The van der Waals surface area contributed by atoms with Crippen LogP contribution in [0.15, 0.2) is 67.1 Å². The van der Waals surface area contributed by atoms with Crippen LogP contribution in [-0.4, -0.2) is 0 Å². The summed E-state index contributed by atoms with van der Waals surface area (Å²) in [5.74, 6) is 0.594. The molecule has 0 atom stereocenters. The van der Waals surface area contributed by atoms with E-state index in [2.05, 4.69) is 41.1 Å².